The minimum atomic E-state index is -0.514. The molecule has 3 rings (SSSR count). The summed E-state index contributed by atoms with van der Waals surface area (Å²) in [6, 6.07) is 7.21. The number of ether oxygens (including phenoxy) is 1. The summed E-state index contributed by atoms with van der Waals surface area (Å²) in [4.78, 5) is 14.3. The molecule has 2 aromatic heterocycles. The van der Waals surface area contributed by atoms with E-state index in [1.54, 1.807) is 19.2 Å². The molecule has 0 N–H and O–H groups in total. The zero-order valence-corrected chi connectivity index (χ0v) is 11.5. The van der Waals surface area contributed by atoms with Crippen molar-refractivity contribution >= 4 is 5.69 Å². The molecule has 0 aliphatic rings. The summed E-state index contributed by atoms with van der Waals surface area (Å²) >= 11 is 0. The monoisotopic (exact) mass is 301 g/mol. The summed E-state index contributed by atoms with van der Waals surface area (Å²) in [7, 11) is 1.59. The van der Waals surface area contributed by atoms with Gasteiger partial charge in [-0.1, -0.05) is 5.16 Å². The van der Waals surface area contributed by atoms with Crippen molar-refractivity contribution in [2.24, 2.45) is 0 Å². The van der Waals surface area contributed by atoms with Gasteiger partial charge in [0.2, 0.25) is 11.7 Å². The maximum atomic E-state index is 10.6. The van der Waals surface area contributed by atoms with Crippen LogP contribution in [0.1, 0.15) is 5.89 Å². The predicted molar refractivity (Wildman–Crippen MR) is 74.3 cm³/mol. The van der Waals surface area contributed by atoms with E-state index in [2.05, 4.69) is 15.2 Å². The zero-order chi connectivity index (χ0) is 15.5. The molecule has 0 aliphatic heterocycles. The molecule has 0 fully saturated rings. The van der Waals surface area contributed by atoms with E-state index in [0.29, 0.717) is 11.7 Å². The van der Waals surface area contributed by atoms with Crippen molar-refractivity contribution < 1.29 is 14.2 Å². The fourth-order valence-electron chi connectivity index (χ4n) is 1.85. The van der Waals surface area contributed by atoms with Crippen LogP contribution in [-0.4, -0.2) is 32.0 Å². The van der Waals surface area contributed by atoms with Gasteiger partial charge in [0.25, 0.3) is 0 Å². The number of nitro groups is 1. The highest BCUT2D eigenvalue weighted by atomic mass is 16.6. The fraction of sp³-hybridized carbons (Fsp3) is 0.154. The Hall–Kier alpha value is -3.23. The summed E-state index contributed by atoms with van der Waals surface area (Å²) in [6.45, 7) is 0.164. The van der Waals surface area contributed by atoms with Crippen molar-refractivity contribution in [1.82, 2.24) is 19.9 Å². The Morgan fingerprint density at radius 2 is 2.14 bits per heavy atom. The number of benzene rings is 1. The van der Waals surface area contributed by atoms with E-state index in [1.165, 1.54) is 17.1 Å². The first kappa shape index (κ1) is 13.7. The lowest BCUT2D eigenvalue weighted by Crippen LogP contribution is -2.00. The molecule has 9 heteroatoms. The topological polar surface area (TPSA) is 109 Å². The first-order chi connectivity index (χ1) is 10.7. The third kappa shape index (κ3) is 2.77. The van der Waals surface area contributed by atoms with Gasteiger partial charge in [0.15, 0.2) is 0 Å². The molecule has 2 heterocycles. The minimum Gasteiger partial charge on any atom is -0.497 e. The number of nitrogens with zero attached hydrogens (tertiary/aromatic N) is 5. The van der Waals surface area contributed by atoms with Crippen molar-refractivity contribution in [2.45, 2.75) is 6.54 Å². The van der Waals surface area contributed by atoms with Crippen molar-refractivity contribution in [3.05, 3.63) is 52.7 Å². The molecule has 0 amide bonds. The maximum Gasteiger partial charge on any atom is 0.307 e. The number of hydrogen-bond donors (Lipinski definition) is 0. The summed E-state index contributed by atoms with van der Waals surface area (Å²) in [5.74, 6) is 1.47. The third-order valence-electron chi connectivity index (χ3n) is 2.94. The number of aromatic nitrogens is 4. The number of rotatable bonds is 5. The van der Waals surface area contributed by atoms with Crippen molar-refractivity contribution in [3.63, 3.8) is 0 Å². The third-order valence-corrected chi connectivity index (χ3v) is 2.94. The van der Waals surface area contributed by atoms with Gasteiger partial charge in [0.05, 0.1) is 12.0 Å². The molecular weight excluding hydrogens is 290 g/mol. The first-order valence-corrected chi connectivity index (χ1v) is 6.29. The summed E-state index contributed by atoms with van der Waals surface area (Å²) in [6.07, 6.45) is 2.47. The summed E-state index contributed by atoms with van der Waals surface area (Å²) in [5.41, 5.74) is 0.692. The molecule has 9 nitrogen and oxygen atoms in total. The van der Waals surface area contributed by atoms with Gasteiger partial charge in [-0.2, -0.15) is 10.1 Å². The van der Waals surface area contributed by atoms with Gasteiger partial charge in [0, 0.05) is 5.56 Å². The highest BCUT2D eigenvalue weighted by Crippen LogP contribution is 2.20. The highest BCUT2D eigenvalue weighted by molar-refractivity contribution is 5.55. The molecule has 0 unspecified atom stereocenters. The number of methoxy groups -OCH3 is 1. The molecule has 1 aromatic carbocycles. The van der Waals surface area contributed by atoms with Gasteiger partial charge in [-0.15, -0.1) is 0 Å². The molecule has 0 saturated carbocycles. The minimum absolute atomic E-state index is 0.0881. The fourth-order valence-corrected chi connectivity index (χ4v) is 1.85. The van der Waals surface area contributed by atoms with Crippen molar-refractivity contribution in [1.29, 1.82) is 0 Å². The molecule has 112 valence electrons. The Morgan fingerprint density at radius 3 is 2.77 bits per heavy atom. The van der Waals surface area contributed by atoms with Crippen LogP contribution in [0.25, 0.3) is 11.4 Å². The second kappa shape index (κ2) is 5.64. The zero-order valence-electron chi connectivity index (χ0n) is 11.5. The van der Waals surface area contributed by atoms with Crippen LogP contribution >= 0.6 is 0 Å². The molecule has 0 radical (unpaired) electrons. The average Bonchev–Trinajstić information content (AvgIpc) is 3.17. The Balaban J connectivity index is 1.76. The smallest absolute Gasteiger partial charge is 0.307 e. The van der Waals surface area contributed by atoms with E-state index in [-0.39, 0.29) is 12.2 Å². The first-order valence-electron chi connectivity index (χ1n) is 6.29. The molecule has 0 aliphatic carbocycles. The molecule has 0 atom stereocenters. The number of hydrogen-bond acceptors (Lipinski definition) is 7. The van der Waals surface area contributed by atoms with E-state index < -0.39 is 4.92 Å². The van der Waals surface area contributed by atoms with Crippen molar-refractivity contribution in [3.8, 4) is 17.1 Å². The van der Waals surface area contributed by atoms with Crippen LogP contribution in [0.3, 0.4) is 0 Å². The van der Waals surface area contributed by atoms with E-state index in [1.807, 2.05) is 12.1 Å². The Labute approximate surface area is 124 Å². The molecule has 0 bridgehead atoms. The Bertz CT molecular complexity index is 793. The molecule has 3 aromatic rings. The SMILES string of the molecule is COc1ccc(-c2noc(Cn3cc([N+](=O)[O-])cn3)n2)cc1. The van der Waals surface area contributed by atoms with Crippen LogP contribution in [0.15, 0.2) is 41.2 Å². The quantitative estimate of drug-likeness (QED) is 0.523. The molecule has 22 heavy (non-hydrogen) atoms. The summed E-state index contributed by atoms with van der Waals surface area (Å²) in [5, 5.41) is 18.3. The van der Waals surface area contributed by atoms with Gasteiger partial charge in [-0.25, -0.2) is 0 Å². The van der Waals surface area contributed by atoms with E-state index in [0.717, 1.165) is 11.3 Å². The predicted octanol–water partition coefficient (Wildman–Crippen LogP) is 1.90. The molecular formula is C13H11N5O4. The second-order valence-electron chi connectivity index (χ2n) is 4.39. The van der Waals surface area contributed by atoms with Crippen LogP contribution in [0.2, 0.25) is 0 Å². The Morgan fingerprint density at radius 1 is 1.36 bits per heavy atom. The second-order valence-corrected chi connectivity index (χ2v) is 4.39. The van der Waals surface area contributed by atoms with E-state index >= 15 is 0 Å². The van der Waals surface area contributed by atoms with Crippen LogP contribution in [-0.2, 0) is 6.54 Å². The Kier molecular flexibility index (Phi) is 3.52. The standard InChI is InChI=1S/C13H11N5O4/c1-21-11-4-2-9(3-5-11)13-15-12(22-16-13)8-17-7-10(6-14-17)18(19)20/h2-7H,8H2,1H3. The average molecular weight is 301 g/mol. The van der Waals surface area contributed by atoms with Gasteiger partial charge in [-0.3, -0.25) is 14.8 Å². The van der Waals surface area contributed by atoms with Crippen LogP contribution in [0, 0.1) is 10.1 Å². The molecule has 0 saturated heterocycles. The van der Waals surface area contributed by atoms with Crippen LogP contribution in [0.5, 0.6) is 5.75 Å². The van der Waals surface area contributed by atoms with E-state index in [9.17, 15) is 10.1 Å². The lowest BCUT2D eigenvalue weighted by Gasteiger charge is -1.98. The van der Waals surface area contributed by atoms with Gasteiger partial charge in [0.1, 0.15) is 24.7 Å². The van der Waals surface area contributed by atoms with E-state index in [4.69, 9.17) is 9.26 Å². The van der Waals surface area contributed by atoms with Crippen molar-refractivity contribution in [2.75, 3.05) is 7.11 Å². The van der Waals surface area contributed by atoms with Gasteiger partial charge >= 0.3 is 5.69 Å². The lowest BCUT2D eigenvalue weighted by molar-refractivity contribution is -0.385. The van der Waals surface area contributed by atoms with Gasteiger partial charge < -0.3 is 9.26 Å². The van der Waals surface area contributed by atoms with Crippen LogP contribution in [0.4, 0.5) is 5.69 Å². The van der Waals surface area contributed by atoms with Crippen LogP contribution < -0.4 is 4.74 Å². The maximum absolute atomic E-state index is 10.6. The highest BCUT2D eigenvalue weighted by Gasteiger charge is 2.13. The van der Waals surface area contributed by atoms with Gasteiger partial charge in [-0.05, 0) is 24.3 Å². The summed E-state index contributed by atoms with van der Waals surface area (Å²) < 4.78 is 11.6. The lowest BCUT2D eigenvalue weighted by atomic mass is 10.2. The molecule has 0 spiro atoms. The normalized spacial score (nSPS) is 10.6. The largest absolute Gasteiger partial charge is 0.497 e.